The van der Waals surface area contributed by atoms with Gasteiger partial charge in [-0.2, -0.15) is 0 Å². The van der Waals surface area contributed by atoms with Gasteiger partial charge in [-0.25, -0.2) is 0 Å². The fourth-order valence-corrected chi connectivity index (χ4v) is 3.09. The number of carbonyl (C=O) groups excluding carboxylic acids is 2. The predicted molar refractivity (Wildman–Crippen MR) is 137 cm³/mol. The van der Waals surface area contributed by atoms with Crippen LogP contribution in [0.3, 0.4) is 0 Å². The zero-order valence-corrected chi connectivity index (χ0v) is 20.8. The Morgan fingerprint density at radius 2 is 1.76 bits per heavy atom. The summed E-state index contributed by atoms with van der Waals surface area (Å²) in [6.45, 7) is 12.9. The van der Waals surface area contributed by atoms with Gasteiger partial charge in [0.05, 0.1) is 6.61 Å². The Balaban J connectivity index is 2.46. The van der Waals surface area contributed by atoms with Crippen LogP contribution in [0.2, 0.25) is 0 Å². The zero-order valence-electron chi connectivity index (χ0n) is 20.8. The number of rotatable bonds is 18. The SMILES string of the molecule is C=C/C=C(\C/C=C\C=C(\NC=O)C(C)NCCOC(C)Oc1ccc(C(C)CC)cc1)NC=O. The van der Waals surface area contributed by atoms with Crippen molar-refractivity contribution in [2.75, 3.05) is 13.2 Å². The third-order valence-electron chi connectivity index (χ3n) is 5.27. The number of hydrogen-bond acceptors (Lipinski definition) is 5. The van der Waals surface area contributed by atoms with Crippen LogP contribution in [0.5, 0.6) is 5.75 Å². The third kappa shape index (κ3) is 11.6. The van der Waals surface area contributed by atoms with Gasteiger partial charge in [0.2, 0.25) is 12.8 Å². The molecule has 3 N–H and O–H groups in total. The standard InChI is InChI=1S/C27H39N3O4/c1-6-10-25(29-19-31)11-8-9-12-27(30-20-32)22(4)28-17-18-33-23(5)34-26-15-13-24(14-16-26)21(3)7-2/h6,8-10,12-16,19-23,28H,1,7,11,17-18H2,2-5H3,(H,29,31)(H,30,32)/b9-8-,25-10+,27-12+. The van der Waals surface area contributed by atoms with E-state index >= 15 is 0 Å². The van der Waals surface area contributed by atoms with Crippen LogP contribution >= 0.6 is 0 Å². The maximum absolute atomic E-state index is 11.0. The van der Waals surface area contributed by atoms with E-state index in [1.165, 1.54) is 5.56 Å². The van der Waals surface area contributed by atoms with E-state index < -0.39 is 0 Å². The second-order valence-corrected chi connectivity index (χ2v) is 7.82. The second kappa shape index (κ2) is 17.3. The molecule has 3 atom stereocenters. The fraction of sp³-hybridized carbons (Fsp3) is 0.407. The zero-order chi connectivity index (χ0) is 25.2. The molecule has 0 saturated heterocycles. The summed E-state index contributed by atoms with van der Waals surface area (Å²) in [5.74, 6) is 1.31. The molecule has 7 nitrogen and oxygen atoms in total. The molecular formula is C27H39N3O4. The molecule has 0 aromatic heterocycles. The second-order valence-electron chi connectivity index (χ2n) is 7.82. The number of nitrogens with one attached hydrogen (secondary N) is 3. The highest BCUT2D eigenvalue weighted by Gasteiger charge is 2.09. The molecule has 7 heteroatoms. The molecule has 186 valence electrons. The maximum atomic E-state index is 11.0. The summed E-state index contributed by atoms with van der Waals surface area (Å²) in [6.07, 6.45) is 11.4. The van der Waals surface area contributed by atoms with Gasteiger partial charge in [0.15, 0.2) is 6.29 Å². The van der Waals surface area contributed by atoms with Crippen molar-refractivity contribution in [2.24, 2.45) is 0 Å². The van der Waals surface area contributed by atoms with E-state index in [1.807, 2.05) is 44.2 Å². The van der Waals surface area contributed by atoms with E-state index in [4.69, 9.17) is 9.47 Å². The molecule has 0 saturated carbocycles. The molecule has 3 unspecified atom stereocenters. The van der Waals surface area contributed by atoms with Gasteiger partial charge in [-0.3, -0.25) is 9.59 Å². The van der Waals surface area contributed by atoms with Crippen molar-refractivity contribution in [3.63, 3.8) is 0 Å². The predicted octanol–water partition coefficient (Wildman–Crippen LogP) is 4.31. The smallest absolute Gasteiger partial charge is 0.211 e. The molecule has 0 aliphatic heterocycles. The molecule has 0 bridgehead atoms. The number of hydrogen-bond donors (Lipinski definition) is 3. The van der Waals surface area contributed by atoms with E-state index in [9.17, 15) is 9.59 Å². The molecule has 0 fully saturated rings. The summed E-state index contributed by atoms with van der Waals surface area (Å²) in [7, 11) is 0. The minimum absolute atomic E-state index is 0.0981. The van der Waals surface area contributed by atoms with E-state index in [0.717, 1.165) is 23.6 Å². The first kappa shape index (κ1) is 28.9. The lowest BCUT2D eigenvalue weighted by atomic mass is 9.99. The van der Waals surface area contributed by atoms with Crippen molar-refractivity contribution in [1.82, 2.24) is 16.0 Å². The molecule has 0 aliphatic rings. The summed E-state index contributed by atoms with van der Waals surface area (Å²) in [6, 6.07) is 8.04. The molecule has 0 radical (unpaired) electrons. The van der Waals surface area contributed by atoms with Crippen molar-refractivity contribution >= 4 is 12.8 Å². The van der Waals surface area contributed by atoms with Crippen molar-refractivity contribution in [1.29, 1.82) is 0 Å². The Morgan fingerprint density at radius 3 is 2.38 bits per heavy atom. The normalized spacial score (nSPS) is 14.8. The molecule has 1 rings (SSSR count). The van der Waals surface area contributed by atoms with Crippen molar-refractivity contribution in [3.8, 4) is 5.75 Å². The lowest BCUT2D eigenvalue weighted by Gasteiger charge is -2.19. The van der Waals surface area contributed by atoms with Crippen LogP contribution < -0.4 is 20.7 Å². The van der Waals surface area contributed by atoms with Crippen LogP contribution in [-0.4, -0.2) is 38.3 Å². The number of carbonyl (C=O) groups is 2. The molecule has 0 aliphatic carbocycles. The topological polar surface area (TPSA) is 88.7 Å². The highest BCUT2D eigenvalue weighted by atomic mass is 16.7. The van der Waals surface area contributed by atoms with Crippen LogP contribution in [0.25, 0.3) is 0 Å². The molecule has 1 aromatic carbocycles. The van der Waals surface area contributed by atoms with Crippen molar-refractivity contribution in [3.05, 3.63) is 78.2 Å². The Labute approximate surface area is 204 Å². The Hall–Kier alpha value is -3.16. The highest BCUT2D eigenvalue weighted by Crippen LogP contribution is 2.22. The Kier molecular flexibility index (Phi) is 14.7. The molecule has 0 heterocycles. The first-order chi connectivity index (χ1) is 16.4. The summed E-state index contributed by atoms with van der Waals surface area (Å²) in [5, 5.41) is 8.65. The summed E-state index contributed by atoms with van der Waals surface area (Å²) >= 11 is 0. The Morgan fingerprint density at radius 1 is 1.06 bits per heavy atom. The van der Waals surface area contributed by atoms with E-state index in [1.54, 1.807) is 12.2 Å². The summed E-state index contributed by atoms with van der Waals surface area (Å²) in [5.41, 5.74) is 2.75. The molecule has 2 amide bonds. The van der Waals surface area contributed by atoms with Crippen LogP contribution in [0.1, 0.15) is 52.0 Å². The number of ether oxygens (including phenoxy) is 2. The minimum atomic E-state index is -0.379. The maximum Gasteiger partial charge on any atom is 0.211 e. The fourth-order valence-electron chi connectivity index (χ4n) is 3.09. The number of allylic oxidation sites excluding steroid dienone is 5. The minimum Gasteiger partial charge on any atom is -0.465 e. The van der Waals surface area contributed by atoms with Gasteiger partial charge >= 0.3 is 0 Å². The molecule has 0 spiro atoms. The van der Waals surface area contributed by atoms with Gasteiger partial charge in [-0.05, 0) is 56.0 Å². The molecular weight excluding hydrogens is 430 g/mol. The first-order valence-corrected chi connectivity index (χ1v) is 11.6. The average molecular weight is 470 g/mol. The lowest BCUT2D eigenvalue weighted by molar-refractivity contribution is -0.109. The monoisotopic (exact) mass is 469 g/mol. The van der Waals surface area contributed by atoms with Gasteiger partial charge in [-0.1, -0.05) is 50.8 Å². The van der Waals surface area contributed by atoms with E-state index in [-0.39, 0.29) is 12.3 Å². The molecule has 34 heavy (non-hydrogen) atoms. The van der Waals surface area contributed by atoms with Crippen LogP contribution in [-0.2, 0) is 14.3 Å². The van der Waals surface area contributed by atoms with Gasteiger partial charge in [0.25, 0.3) is 0 Å². The average Bonchev–Trinajstić information content (AvgIpc) is 2.83. The van der Waals surface area contributed by atoms with Gasteiger partial charge < -0.3 is 25.4 Å². The van der Waals surface area contributed by atoms with Crippen molar-refractivity contribution in [2.45, 2.75) is 58.8 Å². The quantitative estimate of drug-likeness (QED) is 0.129. The first-order valence-electron chi connectivity index (χ1n) is 11.6. The third-order valence-corrected chi connectivity index (χ3v) is 5.27. The molecule has 1 aromatic rings. The number of amides is 2. The van der Waals surface area contributed by atoms with E-state index in [0.29, 0.717) is 38.3 Å². The van der Waals surface area contributed by atoms with Crippen LogP contribution in [0, 0.1) is 0 Å². The van der Waals surface area contributed by atoms with Crippen molar-refractivity contribution < 1.29 is 19.1 Å². The van der Waals surface area contributed by atoms with Gasteiger partial charge in [0, 0.05) is 30.4 Å². The van der Waals surface area contributed by atoms with Crippen LogP contribution in [0.4, 0.5) is 0 Å². The van der Waals surface area contributed by atoms with Crippen LogP contribution in [0.15, 0.2) is 72.6 Å². The summed E-state index contributed by atoms with van der Waals surface area (Å²) < 4.78 is 11.6. The Bertz CT molecular complexity index is 831. The number of benzene rings is 1. The van der Waals surface area contributed by atoms with Gasteiger partial charge in [-0.15, -0.1) is 0 Å². The van der Waals surface area contributed by atoms with E-state index in [2.05, 4.69) is 48.5 Å². The largest absolute Gasteiger partial charge is 0.465 e. The van der Waals surface area contributed by atoms with Gasteiger partial charge in [0.1, 0.15) is 5.75 Å². The summed E-state index contributed by atoms with van der Waals surface area (Å²) in [4.78, 5) is 21.6. The highest BCUT2D eigenvalue weighted by molar-refractivity contribution is 5.51. The lowest BCUT2D eigenvalue weighted by Crippen LogP contribution is -2.36.